The summed E-state index contributed by atoms with van der Waals surface area (Å²) in [4.78, 5) is 28.1. The fraction of sp³-hybridized carbons (Fsp3) is 0.188. The summed E-state index contributed by atoms with van der Waals surface area (Å²) >= 11 is 17.5. The van der Waals surface area contributed by atoms with Gasteiger partial charge in [0.2, 0.25) is 0 Å². The van der Waals surface area contributed by atoms with Gasteiger partial charge in [0.25, 0.3) is 5.91 Å². The number of benzene rings is 1. The van der Waals surface area contributed by atoms with Crippen molar-refractivity contribution < 1.29 is 14.3 Å². The third-order valence-electron chi connectivity index (χ3n) is 3.24. The number of anilines is 2. The molecule has 2 aromatic rings. The monoisotopic (exact) mass is 401 g/mol. The Labute approximate surface area is 159 Å². The van der Waals surface area contributed by atoms with Crippen LogP contribution in [-0.2, 0) is 9.53 Å². The Bertz CT molecular complexity index is 826. The van der Waals surface area contributed by atoms with Crippen LogP contribution in [0.25, 0.3) is 0 Å². The zero-order valence-electron chi connectivity index (χ0n) is 13.3. The number of esters is 1. The maximum Gasteiger partial charge on any atom is 0.359 e. The molecule has 0 aliphatic carbocycles. The average Bonchev–Trinajstić information content (AvgIpc) is 2.58. The number of rotatable bonds is 4. The number of amides is 1. The normalized spacial score (nSPS) is 11.7. The minimum atomic E-state index is -1.10. The van der Waals surface area contributed by atoms with E-state index < -0.39 is 18.0 Å². The molecule has 1 aromatic heterocycles. The van der Waals surface area contributed by atoms with Crippen molar-refractivity contribution >= 4 is 58.1 Å². The van der Waals surface area contributed by atoms with Gasteiger partial charge in [0.15, 0.2) is 17.0 Å². The van der Waals surface area contributed by atoms with Crippen LogP contribution in [0, 0.1) is 6.92 Å². The number of aromatic nitrogens is 1. The van der Waals surface area contributed by atoms with Gasteiger partial charge in [-0.1, -0.05) is 52.5 Å². The van der Waals surface area contributed by atoms with Gasteiger partial charge in [-0.3, -0.25) is 4.79 Å². The SMILES string of the molecule is Cc1ccc(NC(=O)[C@H](C)OC(=O)c2nc(Cl)c(Cl)c(N)c2Cl)cc1. The van der Waals surface area contributed by atoms with E-state index in [0.29, 0.717) is 5.69 Å². The molecular formula is C16H14Cl3N3O3. The zero-order chi connectivity index (χ0) is 18.7. The molecule has 0 aliphatic rings. The van der Waals surface area contributed by atoms with Crippen molar-refractivity contribution in [3.05, 3.63) is 50.7 Å². The summed E-state index contributed by atoms with van der Waals surface area (Å²) < 4.78 is 5.07. The Morgan fingerprint density at radius 2 is 1.76 bits per heavy atom. The summed E-state index contributed by atoms with van der Waals surface area (Å²) in [6, 6.07) is 7.16. The quantitative estimate of drug-likeness (QED) is 0.592. The lowest BCUT2D eigenvalue weighted by Crippen LogP contribution is -2.30. The van der Waals surface area contributed by atoms with Crippen LogP contribution in [-0.4, -0.2) is 23.0 Å². The number of aryl methyl sites for hydroxylation is 1. The molecular weight excluding hydrogens is 389 g/mol. The summed E-state index contributed by atoms with van der Waals surface area (Å²) in [6.07, 6.45) is -1.10. The number of carbonyl (C=O) groups excluding carboxylic acids is 2. The number of nitrogen functional groups attached to an aromatic ring is 1. The van der Waals surface area contributed by atoms with Crippen molar-refractivity contribution in [2.24, 2.45) is 0 Å². The van der Waals surface area contributed by atoms with Crippen LogP contribution < -0.4 is 11.1 Å². The largest absolute Gasteiger partial charge is 0.448 e. The van der Waals surface area contributed by atoms with Crippen LogP contribution in [0.5, 0.6) is 0 Å². The number of nitrogens with two attached hydrogens (primary N) is 1. The molecule has 0 aliphatic heterocycles. The summed E-state index contributed by atoms with van der Waals surface area (Å²) in [5.41, 5.74) is 6.87. The number of hydrogen-bond acceptors (Lipinski definition) is 5. The molecule has 0 radical (unpaired) electrons. The molecule has 0 fully saturated rings. The molecule has 0 saturated carbocycles. The summed E-state index contributed by atoms with van der Waals surface area (Å²) in [5, 5.41) is 2.19. The molecule has 1 aromatic carbocycles. The van der Waals surface area contributed by atoms with Gasteiger partial charge in [-0.2, -0.15) is 0 Å². The third kappa shape index (κ3) is 4.54. The number of nitrogens with zero attached hydrogens (tertiary/aromatic N) is 1. The molecule has 1 heterocycles. The smallest absolute Gasteiger partial charge is 0.359 e. The van der Waals surface area contributed by atoms with E-state index in [1.54, 1.807) is 12.1 Å². The first-order chi connectivity index (χ1) is 11.7. The molecule has 6 nitrogen and oxygen atoms in total. The van der Waals surface area contributed by atoms with Gasteiger partial charge in [0.05, 0.1) is 10.7 Å². The Hall–Kier alpha value is -2.02. The topological polar surface area (TPSA) is 94.3 Å². The van der Waals surface area contributed by atoms with Crippen molar-refractivity contribution in [1.29, 1.82) is 0 Å². The third-order valence-corrected chi connectivity index (χ3v) is 4.37. The molecule has 0 saturated heterocycles. The standard InChI is InChI=1S/C16H14Cl3N3O3/c1-7-3-5-9(6-4-7)21-15(23)8(2)25-16(24)13-10(17)12(20)11(18)14(19)22-13/h3-6,8H,1-2H3,(H2,20,22)(H,21,23)/t8-/m0/s1. The fourth-order valence-corrected chi connectivity index (χ4v) is 2.40. The van der Waals surface area contributed by atoms with E-state index in [-0.39, 0.29) is 26.6 Å². The lowest BCUT2D eigenvalue weighted by molar-refractivity contribution is -0.123. The fourth-order valence-electron chi connectivity index (χ4n) is 1.82. The van der Waals surface area contributed by atoms with Crippen LogP contribution in [0.1, 0.15) is 23.0 Å². The van der Waals surface area contributed by atoms with E-state index in [1.807, 2.05) is 19.1 Å². The number of ether oxygens (including phenoxy) is 1. The van der Waals surface area contributed by atoms with Crippen LogP contribution in [0.4, 0.5) is 11.4 Å². The van der Waals surface area contributed by atoms with Gasteiger partial charge in [-0.05, 0) is 26.0 Å². The minimum Gasteiger partial charge on any atom is -0.448 e. The van der Waals surface area contributed by atoms with Gasteiger partial charge < -0.3 is 15.8 Å². The molecule has 3 N–H and O–H groups in total. The maximum atomic E-state index is 12.2. The number of nitrogens with one attached hydrogen (secondary N) is 1. The highest BCUT2D eigenvalue weighted by molar-refractivity contribution is 6.46. The number of pyridine rings is 1. The summed E-state index contributed by atoms with van der Waals surface area (Å²) in [5.74, 6) is -1.46. The van der Waals surface area contributed by atoms with Gasteiger partial charge in [0.1, 0.15) is 5.02 Å². The van der Waals surface area contributed by atoms with E-state index in [1.165, 1.54) is 6.92 Å². The van der Waals surface area contributed by atoms with Crippen LogP contribution in [0.3, 0.4) is 0 Å². The summed E-state index contributed by atoms with van der Waals surface area (Å²) in [7, 11) is 0. The molecule has 1 atom stereocenters. The second kappa shape index (κ2) is 7.91. The Morgan fingerprint density at radius 1 is 1.16 bits per heavy atom. The molecule has 0 bridgehead atoms. The van der Waals surface area contributed by atoms with Gasteiger partial charge >= 0.3 is 5.97 Å². The average molecular weight is 403 g/mol. The first-order valence-electron chi connectivity index (χ1n) is 7.09. The Balaban J connectivity index is 2.09. The summed E-state index contributed by atoms with van der Waals surface area (Å²) in [6.45, 7) is 3.34. The van der Waals surface area contributed by atoms with Gasteiger partial charge in [-0.25, -0.2) is 9.78 Å². The predicted molar refractivity (Wildman–Crippen MR) is 98.4 cm³/mol. The molecule has 132 valence electrons. The predicted octanol–water partition coefficient (Wildman–Crippen LogP) is 4.12. The van der Waals surface area contributed by atoms with Crippen LogP contribution in [0.15, 0.2) is 24.3 Å². The highest BCUT2D eigenvalue weighted by Gasteiger charge is 2.25. The van der Waals surface area contributed by atoms with E-state index in [9.17, 15) is 9.59 Å². The first kappa shape index (κ1) is 19.3. The highest BCUT2D eigenvalue weighted by atomic mass is 35.5. The van der Waals surface area contributed by atoms with E-state index in [2.05, 4.69) is 10.3 Å². The van der Waals surface area contributed by atoms with Crippen molar-refractivity contribution in [2.75, 3.05) is 11.1 Å². The molecule has 9 heteroatoms. The van der Waals surface area contributed by atoms with Gasteiger partial charge in [0, 0.05) is 5.69 Å². The highest BCUT2D eigenvalue weighted by Crippen LogP contribution is 2.34. The zero-order valence-corrected chi connectivity index (χ0v) is 15.5. The lowest BCUT2D eigenvalue weighted by atomic mass is 10.2. The first-order valence-corrected chi connectivity index (χ1v) is 8.22. The Morgan fingerprint density at radius 3 is 2.36 bits per heavy atom. The van der Waals surface area contributed by atoms with E-state index >= 15 is 0 Å². The molecule has 0 unspecified atom stereocenters. The van der Waals surface area contributed by atoms with Gasteiger partial charge in [-0.15, -0.1) is 0 Å². The second-order valence-electron chi connectivity index (χ2n) is 5.20. The van der Waals surface area contributed by atoms with Crippen molar-refractivity contribution in [1.82, 2.24) is 4.98 Å². The Kier molecular flexibility index (Phi) is 6.11. The number of carbonyl (C=O) groups is 2. The molecule has 2 rings (SSSR count). The van der Waals surface area contributed by atoms with Crippen molar-refractivity contribution in [2.45, 2.75) is 20.0 Å². The van der Waals surface area contributed by atoms with Crippen molar-refractivity contribution in [3.63, 3.8) is 0 Å². The number of hydrogen-bond donors (Lipinski definition) is 2. The van der Waals surface area contributed by atoms with Crippen LogP contribution >= 0.6 is 34.8 Å². The second-order valence-corrected chi connectivity index (χ2v) is 6.31. The van der Waals surface area contributed by atoms with Crippen molar-refractivity contribution in [3.8, 4) is 0 Å². The molecule has 1 amide bonds. The molecule has 0 spiro atoms. The van der Waals surface area contributed by atoms with E-state index in [4.69, 9.17) is 45.3 Å². The number of halogens is 3. The van der Waals surface area contributed by atoms with Crippen LogP contribution in [0.2, 0.25) is 15.2 Å². The molecule has 25 heavy (non-hydrogen) atoms. The van der Waals surface area contributed by atoms with E-state index in [0.717, 1.165) is 5.56 Å². The maximum absolute atomic E-state index is 12.2. The minimum absolute atomic E-state index is 0.0617. The lowest BCUT2D eigenvalue weighted by Gasteiger charge is -2.14.